The number of amides is 2. The first-order valence-electron chi connectivity index (χ1n) is 15.3. The standard InChI is InChI=1S/C36H37ClFN3O4S/c1-26-15-21-31(22-16-26)46(44,45)41(33-14-8-7-13-32(33)38)25-35(42)40(24-28-17-19-29(37)20-18-28)34(23-27-9-3-2-4-10-27)36(43)39-30-11-5-6-12-30/h2-4,7-10,13-22,30,34H,5-6,11-12,23-25H2,1H3,(H,39,43)/t34-/m0/s1. The van der Waals surface area contributed by atoms with E-state index in [1.54, 1.807) is 36.4 Å². The van der Waals surface area contributed by atoms with Gasteiger partial charge in [0, 0.05) is 24.0 Å². The summed E-state index contributed by atoms with van der Waals surface area (Å²) >= 11 is 6.14. The zero-order valence-corrected chi connectivity index (χ0v) is 27.2. The van der Waals surface area contributed by atoms with Crippen molar-refractivity contribution in [3.63, 3.8) is 0 Å². The fourth-order valence-corrected chi connectivity index (χ4v) is 7.26. The molecule has 0 aliphatic heterocycles. The van der Waals surface area contributed by atoms with E-state index < -0.39 is 34.3 Å². The van der Waals surface area contributed by atoms with Crippen LogP contribution in [0, 0.1) is 12.7 Å². The van der Waals surface area contributed by atoms with E-state index in [4.69, 9.17) is 11.6 Å². The number of sulfonamides is 1. The summed E-state index contributed by atoms with van der Waals surface area (Å²) in [4.78, 5) is 29.9. The molecule has 1 N–H and O–H groups in total. The lowest BCUT2D eigenvalue weighted by atomic mass is 10.0. The molecule has 1 atom stereocenters. The Hall–Kier alpha value is -4.21. The van der Waals surface area contributed by atoms with Crippen LogP contribution in [0.4, 0.5) is 10.1 Å². The molecule has 0 aromatic heterocycles. The number of aryl methyl sites for hydroxylation is 1. The number of para-hydroxylation sites is 1. The van der Waals surface area contributed by atoms with E-state index in [1.807, 2.05) is 37.3 Å². The molecule has 1 fully saturated rings. The molecule has 10 heteroatoms. The van der Waals surface area contributed by atoms with Gasteiger partial charge in [0.15, 0.2) is 0 Å². The number of nitrogens with one attached hydrogen (secondary N) is 1. The molecule has 0 radical (unpaired) electrons. The average molecular weight is 662 g/mol. The van der Waals surface area contributed by atoms with Crippen molar-refractivity contribution in [3.8, 4) is 0 Å². The van der Waals surface area contributed by atoms with Gasteiger partial charge in [-0.1, -0.05) is 96.7 Å². The van der Waals surface area contributed by atoms with Crippen LogP contribution < -0.4 is 9.62 Å². The highest BCUT2D eigenvalue weighted by molar-refractivity contribution is 7.92. The lowest BCUT2D eigenvalue weighted by molar-refractivity contribution is -0.140. The van der Waals surface area contributed by atoms with Gasteiger partial charge in [0.1, 0.15) is 18.4 Å². The van der Waals surface area contributed by atoms with Crippen molar-refractivity contribution in [2.24, 2.45) is 0 Å². The first kappa shape index (κ1) is 33.2. The molecule has 0 heterocycles. The Kier molecular flexibility index (Phi) is 10.8. The number of carbonyl (C=O) groups is 2. The maximum Gasteiger partial charge on any atom is 0.264 e. The maximum absolute atomic E-state index is 15.3. The molecule has 1 aliphatic carbocycles. The smallest absolute Gasteiger partial charge is 0.264 e. The summed E-state index contributed by atoms with van der Waals surface area (Å²) < 4.78 is 44.2. The molecule has 240 valence electrons. The predicted octanol–water partition coefficient (Wildman–Crippen LogP) is 6.68. The van der Waals surface area contributed by atoms with Crippen LogP contribution >= 0.6 is 11.6 Å². The molecule has 0 unspecified atom stereocenters. The molecule has 46 heavy (non-hydrogen) atoms. The summed E-state index contributed by atoms with van der Waals surface area (Å²) in [6.45, 7) is 1.10. The molecule has 5 rings (SSSR count). The van der Waals surface area contributed by atoms with Gasteiger partial charge in [0.25, 0.3) is 10.0 Å². The third kappa shape index (κ3) is 8.13. The van der Waals surface area contributed by atoms with Gasteiger partial charge in [0.2, 0.25) is 11.8 Å². The second-order valence-corrected chi connectivity index (χ2v) is 13.9. The third-order valence-corrected chi connectivity index (χ3v) is 10.3. The van der Waals surface area contributed by atoms with Gasteiger partial charge in [-0.05, 0) is 67.3 Å². The largest absolute Gasteiger partial charge is 0.352 e. The van der Waals surface area contributed by atoms with Crippen LogP contribution in [0.1, 0.15) is 42.4 Å². The molecule has 4 aromatic rings. The molecule has 0 saturated heterocycles. The number of anilines is 1. The number of carbonyl (C=O) groups excluding carboxylic acids is 2. The summed E-state index contributed by atoms with van der Waals surface area (Å²) in [5.74, 6) is -1.77. The first-order chi connectivity index (χ1) is 22.1. The van der Waals surface area contributed by atoms with Gasteiger partial charge in [-0.3, -0.25) is 13.9 Å². The summed E-state index contributed by atoms with van der Waals surface area (Å²) in [5.41, 5.74) is 2.11. The van der Waals surface area contributed by atoms with Crippen molar-refractivity contribution in [3.05, 3.63) is 131 Å². The molecule has 2 amide bonds. The quantitative estimate of drug-likeness (QED) is 0.184. The van der Waals surface area contributed by atoms with Gasteiger partial charge in [-0.15, -0.1) is 0 Å². The van der Waals surface area contributed by atoms with Crippen molar-refractivity contribution < 1.29 is 22.4 Å². The second kappa shape index (κ2) is 14.9. The highest BCUT2D eigenvalue weighted by Gasteiger charge is 2.36. The van der Waals surface area contributed by atoms with E-state index in [-0.39, 0.29) is 35.5 Å². The molecule has 1 saturated carbocycles. The molecule has 1 aliphatic rings. The van der Waals surface area contributed by atoms with Crippen molar-refractivity contribution >= 4 is 39.1 Å². The number of hydrogen-bond acceptors (Lipinski definition) is 4. The van der Waals surface area contributed by atoms with Crippen molar-refractivity contribution in [2.45, 2.75) is 62.6 Å². The van der Waals surface area contributed by atoms with Crippen LogP contribution in [0.15, 0.2) is 108 Å². The minimum Gasteiger partial charge on any atom is -0.352 e. The maximum atomic E-state index is 15.3. The monoisotopic (exact) mass is 661 g/mol. The molecular weight excluding hydrogens is 625 g/mol. The molecule has 4 aromatic carbocycles. The van der Waals surface area contributed by atoms with Crippen LogP contribution in [0.25, 0.3) is 0 Å². The predicted molar refractivity (Wildman–Crippen MR) is 178 cm³/mol. The average Bonchev–Trinajstić information content (AvgIpc) is 3.56. The Balaban J connectivity index is 1.57. The molecule has 0 spiro atoms. The number of benzene rings is 4. The second-order valence-electron chi connectivity index (χ2n) is 11.6. The minimum absolute atomic E-state index is 0.00127. The molecule has 0 bridgehead atoms. The van der Waals surface area contributed by atoms with Gasteiger partial charge >= 0.3 is 0 Å². The van der Waals surface area contributed by atoms with E-state index in [0.29, 0.717) is 10.6 Å². The number of hydrogen-bond donors (Lipinski definition) is 1. The lowest BCUT2D eigenvalue weighted by Gasteiger charge is -2.34. The van der Waals surface area contributed by atoms with E-state index >= 15 is 4.39 Å². The highest BCUT2D eigenvalue weighted by Crippen LogP contribution is 2.28. The van der Waals surface area contributed by atoms with Crippen molar-refractivity contribution in [2.75, 3.05) is 10.8 Å². The Morgan fingerprint density at radius 1 is 0.870 bits per heavy atom. The minimum atomic E-state index is -4.40. The fraction of sp³-hybridized carbons (Fsp3) is 0.278. The normalized spacial score (nSPS) is 14.1. The Labute approximate surface area is 275 Å². The zero-order valence-electron chi connectivity index (χ0n) is 25.6. The van der Waals surface area contributed by atoms with E-state index in [9.17, 15) is 18.0 Å². The molecular formula is C36H37ClFN3O4S. The third-order valence-electron chi connectivity index (χ3n) is 8.25. The van der Waals surface area contributed by atoms with Crippen LogP contribution in [0.5, 0.6) is 0 Å². The Morgan fingerprint density at radius 2 is 1.50 bits per heavy atom. The Bertz CT molecular complexity index is 1750. The SMILES string of the molecule is Cc1ccc(S(=O)(=O)N(CC(=O)N(Cc2ccc(Cl)cc2)[C@@H](Cc2ccccc2)C(=O)NC2CCCC2)c2ccccc2F)cc1. The van der Waals surface area contributed by atoms with E-state index in [0.717, 1.165) is 47.2 Å². The number of nitrogens with zero attached hydrogens (tertiary/aromatic N) is 2. The van der Waals surface area contributed by atoms with Gasteiger partial charge in [-0.25, -0.2) is 12.8 Å². The van der Waals surface area contributed by atoms with Crippen molar-refractivity contribution in [1.29, 1.82) is 0 Å². The summed E-state index contributed by atoms with van der Waals surface area (Å²) in [5, 5.41) is 3.65. The number of rotatable bonds is 12. The van der Waals surface area contributed by atoms with Crippen LogP contribution in [0.3, 0.4) is 0 Å². The Morgan fingerprint density at radius 3 is 2.15 bits per heavy atom. The van der Waals surface area contributed by atoms with E-state index in [1.165, 1.54) is 35.2 Å². The van der Waals surface area contributed by atoms with Gasteiger partial charge in [-0.2, -0.15) is 0 Å². The topological polar surface area (TPSA) is 86.8 Å². The lowest BCUT2D eigenvalue weighted by Crippen LogP contribution is -2.54. The fourth-order valence-electron chi connectivity index (χ4n) is 5.71. The van der Waals surface area contributed by atoms with Crippen LogP contribution in [-0.2, 0) is 32.6 Å². The summed E-state index contributed by atoms with van der Waals surface area (Å²) in [7, 11) is -4.40. The molecule has 7 nitrogen and oxygen atoms in total. The van der Waals surface area contributed by atoms with Crippen LogP contribution in [0.2, 0.25) is 5.02 Å². The summed E-state index contributed by atoms with van der Waals surface area (Å²) in [6.07, 6.45) is 3.92. The van der Waals surface area contributed by atoms with Crippen LogP contribution in [-0.4, -0.2) is 43.8 Å². The van der Waals surface area contributed by atoms with Gasteiger partial charge < -0.3 is 10.2 Å². The first-order valence-corrected chi connectivity index (χ1v) is 17.2. The zero-order chi connectivity index (χ0) is 32.7. The summed E-state index contributed by atoms with van der Waals surface area (Å²) in [6, 6.07) is 26.9. The highest BCUT2D eigenvalue weighted by atomic mass is 35.5. The van der Waals surface area contributed by atoms with Crippen molar-refractivity contribution in [1.82, 2.24) is 10.2 Å². The van der Waals surface area contributed by atoms with E-state index in [2.05, 4.69) is 5.32 Å². The number of halogens is 2. The van der Waals surface area contributed by atoms with Gasteiger partial charge in [0.05, 0.1) is 10.6 Å².